The molecule has 1 aromatic carbocycles. The van der Waals surface area contributed by atoms with Crippen molar-refractivity contribution in [2.45, 2.75) is 162 Å². The van der Waals surface area contributed by atoms with Crippen LogP contribution in [0.5, 0.6) is 5.75 Å². The Kier molecular flexibility index (Phi) is 71.9. The van der Waals surface area contributed by atoms with Crippen LogP contribution in [0.1, 0.15) is 162 Å². The number of carbonyl (C=O) groups is 9. The number of unbranched alkanes of at least 4 members (excludes halogenated alkanes) is 8. The van der Waals surface area contributed by atoms with Crippen LogP contribution in [0.2, 0.25) is 0 Å². The molecule has 1 rings (SSSR count). The van der Waals surface area contributed by atoms with E-state index in [0.29, 0.717) is 104 Å². The zero-order chi connectivity index (χ0) is 65.1. The van der Waals surface area contributed by atoms with Gasteiger partial charge in [-0.3, -0.25) is 48.5 Å². The first-order chi connectivity index (χ1) is 41.3. The molecule has 0 amide bonds. The topological polar surface area (TPSA) is 374 Å². The summed E-state index contributed by atoms with van der Waals surface area (Å²) in [6.45, 7) is 8.69. The number of benzene rings is 1. The summed E-state index contributed by atoms with van der Waals surface area (Å²) in [5, 5.41) is 35.9. The van der Waals surface area contributed by atoms with Crippen molar-refractivity contribution in [1.82, 2.24) is 0 Å². The molecule has 0 aliphatic heterocycles. The number of hydrogen-bond acceptors (Lipinski definition) is 26. The summed E-state index contributed by atoms with van der Waals surface area (Å²) in [5.41, 5.74) is 10.0. The summed E-state index contributed by atoms with van der Waals surface area (Å²) in [6, 6.07) is 5.05. The van der Waals surface area contributed by atoms with Crippen molar-refractivity contribution in [3.8, 4) is 5.75 Å². The summed E-state index contributed by atoms with van der Waals surface area (Å²) < 4.78 is 34.8. The number of aliphatic hydroxyl groups excluding tert-OH is 2. The number of ether oxygens (including phenoxy) is 7. The molecule has 0 unspecified atom stereocenters. The molecular formula is C58H101N3O21S4. The monoisotopic (exact) mass is 1300 g/mol. The number of nitrogens with zero attached hydrogens (tertiary/aromatic N) is 1. The van der Waals surface area contributed by atoms with E-state index in [0.717, 1.165) is 106 Å². The first-order valence-corrected chi connectivity index (χ1v) is 32.8. The van der Waals surface area contributed by atoms with Crippen LogP contribution in [0.4, 0.5) is 10.5 Å². The minimum absolute atomic E-state index is 0.00195. The third kappa shape index (κ3) is 77.9. The number of nitro groups is 1. The van der Waals surface area contributed by atoms with Gasteiger partial charge in [-0.25, -0.2) is 4.79 Å². The van der Waals surface area contributed by atoms with Crippen LogP contribution in [-0.4, -0.2) is 186 Å². The Morgan fingerprint density at radius 3 is 1.22 bits per heavy atom. The molecule has 0 heterocycles. The van der Waals surface area contributed by atoms with E-state index < -0.39 is 23.0 Å². The van der Waals surface area contributed by atoms with Gasteiger partial charge in [0.15, 0.2) is 15.3 Å². The zero-order valence-electron chi connectivity index (χ0n) is 51.1. The van der Waals surface area contributed by atoms with Crippen LogP contribution in [0.25, 0.3) is 0 Å². The van der Waals surface area contributed by atoms with Crippen molar-refractivity contribution in [1.29, 1.82) is 0 Å². The molecule has 0 radical (unpaired) electrons. The van der Waals surface area contributed by atoms with Gasteiger partial charge in [-0.05, 0) is 88.5 Å². The van der Waals surface area contributed by atoms with Gasteiger partial charge in [0, 0.05) is 121 Å². The molecule has 7 N–H and O–H groups in total. The maximum Gasteiger partial charge on any atom is 0.513 e. The lowest BCUT2D eigenvalue weighted by Gasteiger charge is -2.07. The quantitative estimate of drug-likeness (QED) is 0.00886. The fourth-order valence-corrected chi connectivity index (χ4v) is 8.48. The van der Waals surface area contributed by atoms with Gasteiger partial charge < -0.3 is 59.9 Å². The van der Waals surface area contributed by atoms with E-state index >= 15 is 0 Å². The highest BCUT2D eigenvalue weighted by molar-refractivity contribution is 8.14. The van der Waals surface area contributed by atoms with E-state index in [1.807, 2.05) is 0 Å². The van der Waals surface area contributed by atoms with Crippen LogP contribution >= 0.6 is 47.9 Å². The predicted molar refractivity (Wildman–Crippen MR) is 339 cm³/mol. The van der Waals surface area contributed by atoms with Gasteiger partial charge in [-0.1, -0.05) is 61.0 Å². The number of Topliss-reactive ketones (excluding diaryl/α,β-unsaturated/α-hetero) is 3. The van der Waals surface area contributed by atoms with Gasteiger partial charge in [0.05, 0.1) is 57.7 Å². The molecule has 0 aliphatic rings. The Balaban J connectivity index is -0.000000524. The fraction of sp³-hybridized carbons (Fsp3) is 0.741. The van der Waals surface area contributed by atoms with Crippen molar-refractivity contribution in [2.24, 2.45) is 11.5 Å². The van der Waals surface area contributed by atoms with E-state index in [1.54, 1.807) is 20.8 Å². The van der Waals surface area contributed by atoms with Crippen LogP contribution < -0.4 is 16.2 Å². The Morgan fingerprint density at radius 2 is 0.860 bits per heavy atom. The number of carboxylic acid groups (broad SMARTS) is 1. The van der Waals surface area contributed by atoms with Crippen molar-refractivity contribution >= 4 is 104 Å². The minimum Gasteiger partial charge on any atom is -0.481 e. The molecule has 86 heavy (non-hydrogen) atoms. The Labute approximate surface area is 527 Å². The highest BCUT2D eigenvalue weighted by Crippen LogP contribution is 2.18. The molecule has 28 heteroatoms. The van der Waals surface area contributed by atoms with E-state index in [2.05, 4.69) is 12.6 Å². The van der Waals surface area contributed by atoms with E-state index in [-0.39, 0.29) is 90.1 Å². The molecule has 0 atom stereocenters. The van der Waals surface area contributed by atoms with Gasteiger partial charge >= 0.3 is 18.1 Å². The van der Waals surface area contributed by atoms with Gasteiger partial charge in [0.2, 0.25) is 0 Å². The molecule has 0 bridgehead atoms. The second kappa shape index (κ2) is 70.0. The predicted octanol–water partition coefficient (Wildman–Crippen LogP) is 8.71. The number of thiol groups is 1. The lowest BCUT2D eigenvalue weighted by molar-refractivity contribution is -0.384. The number of esters is 1. The highest BCUT2D eigenvalue weighted by Gasteiger charge is 2.10. The van der Waals surface area contributed by atoms with E-state index in [9.17, 15) is 53.3 Å². The number of rotatable bonds is 50. The normalized spacial score (nSPS) is 10.3. The van der Waals surface area contributed by atoms with Crippen LogP contribution in [0.15, 0.2) is 24.3 Å². The summed E-state index contributed by atoms with van der Waals surface area (Å²) in [5.74, 6) is 3.10. The lowest BCUT2D eigenvalue weighted by atomic mass is 10.1. The maximum absolute atomic E-state index is 11.8. The molecule has 0 saturated heterocycles. The van der Waals surface area contributed by atoms with Crippen LogP contribution in [-0.2, 0) is 66.8 Å². The van der Waals surface area contributed by atoms with Gasteiger partial charge in [-0.15, -0.1) is 0 Å². The number of ketones is 3. The first kappa shape index (κ1) is 88.4. The largest absolute Gasteiger partial charge is 0.513 e. The average Bonchev–Trinajstić information content (AvgIpc) is 3.59. The number of carbonyl (C=O) groups excluding carboxylic acids is 8. The third-order valence-corrected chi connectivity index (χ3v) is 13.6. The third-order valence-electron chi connectivity index (χ3n) is 10.6. The summed E-state index contributed by atoms with van der Waals surface area (Å²) in [7, 11) is 0. The lowest BCUT2D eigenvalue weighted by Crippen LogP contribution is -2.19. The SMILES string of the molecule is CC(=O)SCCCCCC(=O)CCCOCCO.CC(=O)SCCCCCC(=O)CCCOCCOC(=O)Oc1ccc([N+](=O)[O-])cc1.CC(=O)SCCCCCC(=O)O.NCC(=O)OCCOCCCC(=O)CCCCCS.NCCOCCO. The minimum atomic E-state index is -0.927. The summed E-state index contributed by atoms with van der Waals surface area (Å²) in [4.78, 5) is 109. The van der Waals surface area contributed by atoms with E-state index in [4.69, 9.17) is 59.9 Å². The van der Waals surface area contributed by atoms with Crippen LogP contribution in [0, 0.1) is 10.1 Å². The molecule has 0 spiro atoms. The number of hydrogen-bond donors (Lipinski definition) is 6. The van der Waals surface area contributed by atoms with Crippen molar-refractivity contribution < 1.29 is 96.6 Å². The second-order valence-corrected chi connectivity index (χ2v) is 22.6. The second-order valence-electron chi connectivity index (χ2n) is 18.4. The molecule has 24 nitrogen and oxygen atoms in total. The van der Waals surface area contributed by atoms with Crippen molar-refractivity contribution in [3.05, 3.63) is 34.4 Å². The number of nitro benzene ring substituents is 1. The molecule has 0 saturated carbocycles. The Morgan fingerprint density at radius 1 is 0.488 bits per heavy atom. The number of carboxylic acids is 1. The fourth-order valence-electron chi connectivity index (χ4n) is 6.34. The molecule has 498 valence electrons. The number of aliphatic hydroxyl groups is 2. The van der Waals surface area contributed by atoms with Crippen LogP contribution in [0.3, 0.4) is 0 Å². The summed E-state index contributed by atoms with van der Waals surface area (Å²) in [6.07, 6.45) is 16.0. The Hall–Kier alpha value is -4.07. The average molecular weight is 1300 g/mol. The smallest absolute Gasteiger partial charge is 0.481 e. The van der Waals surface area contributed by atoms with E-state index in [1.165, 1.54) is 59.6 Å². The Bertz CT molecular complexity index is 1870. The van der Waals surface area contributed by atoms with Crippen molar-refractivity contribution in [2.75, 3.05) is 115 Å². The summed E-state index contributed by atoms with van der Waals surface area (Å²) >= 11 is 8.09. The maximum atomic E-state index is 11.8. The molecule has 0 aliphatic carbocycles. The number of non-ortho nitro benzene ring substituents is 1. The molecule has 0 fully saturated rings. The molecular weight excluding hydrogens is 1200 g/mol. The first-order valence-electron chi connectivity index (χ1n) is 29.2. The molecule has 0 aromatic heterocycles. The van der Waals surface area contributed by atoms with Gasteiger partial charge in [0.1, 0.15) is 36.3 Å². The van der Waals surface area contributed by atoms with Gasteiger partial charge in [-0.2, -0.15) is 12.6 Å². The number of thioether (sulfide) groups is 3. The number of aliphatic carboxylic acids is 1. The standard InChI is InChI=1S/C20H27NO8S.C13H25NO4S.C13H24O4S.C8H14O3S.C4H11NO2/c1-16(22)30-15-4-2-3-6-18(23)7-5-12-27-13-14-28-20(24)29-19-10-8-17(9-11-19)21(25)26;14-11-13(16)18-9-8-17-7-4-6-12(15)5-2-1-3-10-19;1-12(15)18-11-4-2-3-6-13(16)7-5-9-17-10-8-14;1-7(9)12-6-4-2-3-5-8(10)11;5-1-3-7-4-2-6/h8-11H,2-7,12-15H2,1H3;19H,1-11,14H2;14H,2-11H2,1H3;2-6H2,1H3,(H,10,11);6H,1-5H2. The van der Waals surface area contributed by atoms with Crippen molar-refractivity contribution in [3.63, 3.8) is 0 Å². The number of nitrogens with two attached hydrogens (primary N) is 2. The molecule has 1 aromatic rings. The van der Waals surface area contributed by atoms with Gasteiger partial charge in [0.25, 0.3) is 5.69 Å². The highest BCUT2D eigenvalue weighted by atomic mass is 32.2. The zero-order valence-corrected chi connectivity index (χ0v) is 54.4.